The highest BCUT2D eigenvalue weighted by molar-refractivity contribution is 7.08. The Bertz CT molecular complexity index is 467. The zero-order valence-electron chi connectivity index (χ0n) is 8.85. The second-order valence-corrected chi connectivity index (χ2v) is 4.70. The summed E-state index contributed by atoms with van der Waals surface area (Å²) >= 11 is 1.71. The lowest BCUT2D eigenvalue weighted by molar-refractivity contribution is 0.0970. The lowest BCUT2D eigenvalue weighted by atomic mass is 9.99. The summed E-state index contributed by atoms with van der Waals surface area (Å²) in [4.78, 5) is 0. The van der Waals surface area contributed by atoms with Gasteiger partial charge in [-0.05, 0) is 22.6 Å². The van der Waals surface area contributed by atoms with Crippen LogP contribution in [0.3, 0.4) is 0 Å². The topological polar surface area (TPSA) is 21.3 Å². The minimum Gasteiger partial charge on any atom is -0.375 e. The van der Waals surface area contributed by atoms with Gasteiger partial charge in [0.05, 0.1) is 19.3 Å². The minimum absolute atomic E-state index is 0.277. The first-order chi connectivity index (χ1) is 7.93. The van der Waals surface area contributed by atoms with Crippen LogP contribution < -0.4 is 5.32 Å². The van der Waals surface area contributed by atoms with Crippen LogP contribution in [0.4, 0.5) is 5.69 Å². The zero-order valence-corrected chi connectivity index (χ0v) is 9.67. The van der Waals surface area contributed by atoms with Gasteiger partial charge in [0.1, 0.15) is 0 Å². The molecule has 0 aliphatic carbocycles. The standard InChI is InChI=1S/C13H13NOS/c1-2-4-12-10(3-1)7-15-8-13(12)14-11-5-6-16-9-11/h1-6,9,13-14H,7-8H2. The molecule has 1 aliphatic rings. The molecular weight excluding hydrogens is 218 g/mol. The second-order valence-electron chi connectivity index (χ2n) is 3.92. The van der Waals surface area contributed by atoms with Crippen molar-refractivity contribution in [2.45, 2.75) is 12.6 Å². The molecule has 0 saturated carbocycles. The highest BCUT2D eigenvalue weighted by Gasteiger charge is 2.19. The van der Waals surface area contributed by atoms with Gasteiger partial charge in [-0.25, -0.2) is 0 Å². The summed E-state index contributed by atoms with van der Waals surface area (Å²) in [5.41, 5.74) is 3.83. The fraction of sp³-hybridized carbons (Fsp3) is 0.231. The van der Waals surface area contributed by atoms with Crippen molar-refractivity contribution >= 4 is 17.0 Å². The van der Waals surface area contributed by atoms with E-state index in [-0.39, 0.29) is 6.04 Å². The number of hydrogen-bond acceptors (Lipinski definition) is 3. The van der Waals surface area contributed by atoms with Crippen molar-refractivity contribution in [3.8, 4) is 0 Å². The Kier molecular flexibility index (Phi) is 2.64. The third kappa shape index (κ3) is 1.84. The zero-order chi connectivity index (χ0) is 10.8. The van der Waals surface area contributed by atoms with Crippen molar-refractivity contribution in [1.82, 2.24) is 0 Å². The van der Waals surface area contributed by atoms with Gasteiger partial charge in [0.15, 0.2) is 0 Å². The molecule has 0 fully saturated rings. The maximum Gasteiger partial charge on any atom is 0.0751 e. The third-order valence-electron chi connectivity index (χ3n) is 2.83. The Morgan fingerprint density at radius 1 is 1.25 bits per heavy atom. The van der Waals surface area contributed by atoms with Gasteiger partial charge in [0.2, 0.25) is 0 Å². The molecule has 1 unspecified atom stereocenters. The van der Waals surface area contributed by atoms with E-state index in [0.29, 0.717) is 0 Å². The van der Waals surface area contributed by atoms with Crippen molar-refractivity contribution in [3.05, 3.63) is 52.2 Å². The van der Waals surface area contributed by atoms with Crippen molar-refractivity contribution in [2.75, 3.05) is 11.9 Å². The maximum atomic E-state index is 5.60. The predicted molar refractivity (Wildman–Crippen MR) is 66.8 cm³/mol. The van der Waals surface area contributed by atoms with Crippen LogP contribution in [0.1, 0.15) is 17.2 Å². The lowest BCUT2D eigenvalue weighted by Crippen LogP contribution is -2.22. The molecule has 1 aromatic heterocycles. The number of rotatable bonds is 2. The molecule has 1 aromatic carbocycles. The van der Waals surface area contributed by atoms with Gasteiger partial charge in [0, 0.05) is 11.1 Å². The van der Waals surface area contributed by atoms with E-state index in [1.807, 2.05) is 0 Å². The van der Waals surface area contributed by atoms with E-state index in [9.17, 15) is 0 Å². The summed E-state index contributed by atoms with van der Waals surface area (Å²) < 4.78 is 5.60. The first kappa shape index (κ1) is 9.87. The predicted octanol–water partition coefficient (Wildman–Crippen LogP) is 3.43. The summed E-state index contributed by atoms with van der Waals surface area (Å²) in [6.45, 7) is 1.48. The van der Waals surface area contributed by atoms with Crippen molar-refractivity contribution < 1.29 is 4.74 Å². The molecular formula is C13H13NOS. The Hall–Kier alpha value is -1.32. The Morgan fingerprint density at radius 3 is 3.06 bits per heavy atom. The number of fused-ring (bicyclic) bond motifs is 1. The largest absolute Gasteiger partial charge is 0.375 e. The molecule has 1 atom stereocenters. The molecule has 0 saturated heterocycles. The summed E-state index contributed by atoms with van der Waals surface area (Å²) in [6.07, 6.45) is 0. The van der Waals surface area contributed by atoms with Gasteiger partial charge in [-0.2, -0.15) is 11.3 Å². The van der Waals surface area contributed by atoms with Gasteiger partial charge in [-0.15, -0.1) is 0 Å². The van der Waals surface area contributed by atoms with Crippen LogP contribution in [0.25, 0.3) is 0 Å². The van der Waals surface area contributed by atoms with Gasteiger partial charge in [0.25, 0.3) is 0 Å². The molecule has 2 heterocycles. The Labute approximate surface area is 98.9 Å². The summed E-state index contributed by atoms with van der Waals surface area (Å²) in [5, 5.41) is 7.71. The number of anilines is 1. The second kappa shape index (κ2) is 4.28. The van der Waals surface area contributed by atoms with Gasteiger partial charge in [-0.3, -0.25) is 0 Å². The van der Waals surface area contributed by atoms with Gasteiger partial charge in [-0.1, -0.05) is 24.3 Å². The van der Waals surface area contributed by atoms with E-state index in [2.05, 4.69) is 46.4 Å². The number of nitrogens with one attached hydrogen (secondary N) is 1. The molecule has 1 N–H and O–H groups in total. The molecule has 2 nitrogen and oxygen atoms in total. The van der Waals surface area contributed by atoms with Crippen LogP contribution in [-0.2, 0) is 11.3 Å². The minimum atomic E-state index is 0.277. The number of thiophene rings is 1. The number of ether oxygens (including phenoxy) is 1. The van der Waals surface area contributed by atoms with E-state index in [1.165, 1.54) is 16.8 Å². The molecule has 0 spiro atoms. The molecule has 1 aliphatic heterocycles. The summed E-state index contributed by atoms with van der Waals surface area (Å²) in [5.74, 6) is 0. The monoisotopic (exact) mass is 231 g/mol. The molecule has 0 bridgehead atoms. The van der Waals surface area contributed by atoms with Crippen LogP contribution in [0, 0.1) is 0 Å². The van der Waals surface area contributed by atoms with E-state index >= 15 is 0 Å². The number of hydrogen-bond donors (Lipinski definition) is 1. The van der Waals surface area contributed by atoms with Crippen molar-refractivity contribution in [1.29, 1.82) is 0 Å². The van der Waals surface area contributed by atoms with Crippen LogP contribution in [0.2, 0.25) is 0 Å². The van der Waals surface area contributed by atoms with E-state index < -0.39 is 0 Å². The lowest BCUT2D eigenvalue weighted by Gasteiger charge is -2.26. The van der Waals surface area contributed by atoms with Crippen LogP contribution in [0.15, 0.2) is 41.1 Å². The third-order valence-corrected chi connectivity index (χ3v) is 3.52. The normalized spacial score (nSPS) is 19.1. The first-order valence-corrected chi connectivity index (χ1v) is 6.32. The molecule has 16 heavy (non-hydrogen) atoms. The molecule has 0 amide bonds. The summed E-state index contributed by atoms with van der Waals surface area (Å²) in [6, 6.07) is 10.8. The smallest absolute Gasteiger partial charge is 0.0751 e. The van der Waals surface area contributed by atoms with Gasteiger partial charge < -0.3 is 10.1 Å². The Morgan fingerprint density at radius 2 is 2.19 bits per heavy atom. The summed E-state index contributed by atoms with van der Waals surface area (Å²) in [7, 11) is 0. The van der Waals surface area contributed by atoms with E-state index in [4.69, 9.17) is 4.74 Å². The van der Waals surface area contributed by atoms with E-state index in [1.54, 1.807) is 11.3 Å². The average Bonchev–Trinajstić information content (AvgIpc) is 2.82. The fourth-order valence-electron chi connectivity index (χ4n) is 2.05. The molecule has 3 rings (SSSR count). The highest BCUT2D eigenvalue weighted by atomic mass is 32.1. The van der Waals surface area contributed by atoms with Gasteiger partial charge >= 0.3 is 0 Å². The highest BCUT2D eigenvalue weighted by Crippen LogP contribution is 2.28. The molecule has 2 aromatic rings. The maximum absolute atomic E-state index is 5.60. The van der Waals surface area contributed by atoms with Crippen molar-refractivity contribution in [2.24, 2.45) is 0 Å². The first-order valence-electron chi connectivity index (χ1n) is 5.38. The Balaban J connectivity index is 1.87. The van der Waals surface area contributed by atoms with Crippen LogP contribution in [-0.4, -0.2) is 6.61 Å². The molecule has 3 heteroatoms. The SMILES string of the molecule is c1ccc2c(c1)COCC2Nc1ccsc1. The molecule has 0 radical (unpaired) electrons. The van der Waals surface area contributed by atoms with Crippen LogP contribution in [0.5, 0.6) is 0 Å². The fourth-order valence-corrected chi connectivity index (χ4v) is 2.65. The van der Waals surface area contributed by atoms with E-state index in [0.717, 1.165) is 13.2 Å². The quantitative estimate of drug-likeness (QED) is 0.855. The van der Waals surface area contributed by atoms with Crippen LogP contribution >= 0.6 is 11.3 Å². The number of benzene rings is 1. The van der Waals surface area contributed by atoms with Crippen molar-refractivity contribution in [3.63, 3.8) is 0 Å². The molecule has 82 valence electrons. The average molecular weight is 231 g/mol.